The van der Waals surface area contributed by atoms with Crippen LogP contribution in [0.5, 0.6) is 0 Å². The number of thiazole rings is 1. The Bertz CT molecular complexity index is 435. The van der Waals surface area contributed by atoms with Crippen molar-refractivity contribution in [2.75, 3.05) is 13.3 Å². The molecule has 6 heteroatoms. The fraction of sp³-hybridized carbons (Fsp3) is 0.667. The molecule has 0 bridgehead atoms. The van der Waals surface area contributed by atoms with E-state index in [0.717, 1.165) is 5.69 Å². The van der Waals surface area contributed by atoms with Crippen LogP contribution in [0.25, 0.3) is 0 Å². The summed E-state index contributed by atoms with van der Waals surface area (Å²) in [4.78, 5) is 4.31. The molecule has 1 aromatic heterocycles. The third-order valence-corrected chi connectivity index (χ3v) is 4.03. The highest BCUT2D eigenvalue weighted by atomic mass is 32.2. The van der Waals surface area contributed by atoms with Crippen LogP contribution >= 0.6 is 11.3 Å². The third kappa shape index (κ3) is 3.55. The molecule has 0 amide bonds. The minimum Gasteiger partial charge on any atom is -0.310 e. The molecule has 86 valence electrons. The lowest BCUT2D eigenvalue weighted by atomic mass is 10.0. The Kier molecular flexibility index (Phi) is 3.52. The summed E-state index contributed by atoms with van der Waals surface area (Å²) >= 11 is 1.39. The Balaban J connectivity index is 2.91. The Labute approximate surface area is 94.7 Å². The summed E-state index contributed by atoms with van der Waals surface area (Å²) in [5.41, 5.74) is 0.667. The van der Waals surface area contributed by atoms with Gasteiger partial charge in [-0.25, -0.2) is 13.4 Å². The zero-order valence-electron chi connectivity index (χ0n) is 9.36. The van der Waals surface area contributed by atoms with Gasteiger partial charge in [0.15, 0.2) is 9.84 Å². The minimum absolute atomic E-state index is 0.0253. The molecular formula is C9H16N2O2S2. The van der Waals surface area contributed by atoms with Gasteiger partial charge in [0.2, 0.25) is 0 Å². The number of hydrogen-bond acceptors (Lipinski definition) is 5. The van der Waals surface area contributed by atoms with Crippen LogP contribution in [0.3, 0.4) is 0 Å². The molecular weight excluding hydrogens is 232 g/mol. The van der Waals surface area contributed by atoms with Crippen LogP contribution in [-0.4, -0.2) is 26.7 Å². The summed E-state index contributed by atoms with van der Waals surface area (Å²) in [5.74, 6) is 0.0253. The van der Waals surface area contributed by atoms with Gasteiger partial charge in [0.25, 0.3) is 0 Å². The highest BCUT2D eigenvalue weighted by Gasteiger charge is 2.21. The van der Waals surface area contributed by atoms with E-state index in [1.54, 1.807) is 0 Å². The molecule has 1 heterocycles. The Morgan fingerprint density at radius 1 is 1.53 bits per heavy atom. The summed E-state index contributed by atoms with van der Waals surface area (Å²) in [6.45, 7) is 4.01. The highest BCUT2D eigenvalue weighted by molar-refractivity contribution is 7.90. The van der Waals surface area contributed by atoms with Crippen molar-refractivity contribution in [2.24, 2.45) is 0 Å². The minimum atomic E-state index is -2.99. The Morgan fingerprint density at radius 2 is 2.13 bits per heavy atom. The quantitative estimate of drug-likeness (QED) is 0.868. The van der Waals surface area contributed by atoms with E-state index in [4.69, 9.17) is 0 Å². The fourth-order valence-electron chi connectivity index (χ4n) is 1.02. The molecule has 0 saturated carbocycles. The average Bonchev–Trinajstić information content (AvgIpc) is 2.50. The van der Waals surface area contributed by atoms with E-state index in [1.807, 2.05) is 26.3 Å². The van der Waals surface area contributed by atoms with Crippen LogP contribution in [0.4, 0.5) is 0 Å². The van der Waals surface area contributed by atoms with Crippen molar-refractivity contribution in [3.05, 3.63) is 16.1 Å². The first-order chi connectivity index (χ1) is 6.74. The van der Waals surface area contributed by atoms with Gasteiger partial charge in [0.1, 0.15) is 10.8 Å². The van der Waals surface area contributed by atoms with Crippen molar-refractivity contribution >= 4 is 21.2 Å². The summed E-state index contributed by atoms with van der Waals surface area (Å²) in [6.07, 6.45) is 1.22. The van der Waals surface area contributed by atoms with Gasteiger partial charge >= 0.3 is 0 Å². The zero-order valence-corrected chi connectivity index (χ0v) is 11.0. The molecule has 0 aromatic carbocycles. The second kappa shape index (κ2) is 4.19. The van der Waals surface area contributed by atoms with E-state index in [9.17, 15) is 8.42 Å². The molecule has 0 aliphatic carbocycles. The Morgan fingerprint density at radius 3 is 2.60 bits per heavy atom. The topological polar surface area (TPSA) is 59.1 Å². The molecule has 0 unspecified atom stereocenters. The number of nitrogens with zero attached hydrogens (tertiary/aromatic N) is 1. The first-order valence-corrected chi connectivity index (χ1v) is 7.50. The van der Waals surface area contributed by atoms with Crippen molar-refractivity contribution in [1.82, 2.24) is 10.3 Å². The van der Waals surface area contributed by atoms with E-state index in [0.29, 0.717) is 5.01 Å². The van der Waals surface area contributed by atoms with Crippen LogP contribution < -0.4 is 5.32 Å². The lowest BCUT2D eigenvalue weighted by Gasteiger charge is -2.21. The summed E-state index contributed by atoms with van der Waals surface area (Å²) in [6, 6.07) is 0. The third-order valence-electron chi connectivity index (χ3n) is 2.20. The highest BCUT2D eigenvalue weighted by Crippen LogP contribution is 2.22. The second-order valence-corrected chi connectivity index (χ2v) is 7.15. The van der Waals surface area contributed by atoms with Crippen LogP contribution in [0.1, 0.15) is 24.5 Å². The number of rotatable bonds is 4. The van der Waals surface area contributed by atoms with Gasteiger partial charge in [-0.15, -0.1) is 11.3 Å². The molecule has 0 aliphatic rings. The monoisotopic (exact) mass is 248 g/mol. The first-order valence-electron chi connectivity index (χ1n) is 4.56. The van der Waals surface area contributed by atoms with Crippen LogP contribution in [0, 0.1) is 0 Å². The van der Waals surface area contributed by atoms with Gasteiger partial charge in [-0.2, -0.15) is 0 Å². The molecule has 0 saturated heterocycles. The number of sulfone groups is 1. The van der Waals surface area contributed by atoms with Gasteiger partial charge in [-0.05, 0) is 20.9 Å². The Hall–Kier alpha value is -0.460. The van der Waals surface area contributed by atoms with E-state index in [2.05, 4.69) is 10.3 Å². The zero-order chi connectivity index (χ0) is 11.7. The van der Waals surface area contributed by atoms with Crippen molar-refractivity contribution < 1.29 is 8.42 Å². The van der Waals surface area contributed by atoms with Gasteiger partial charge in [0, 0.05) is 11.6 Å². The van der Waals surface area contributed by atoms with Gasteiger partial charge in [-0.3, -0.25) is 0 Å². The molecule has 1 rings (SSSR count). The largest absolute Gasteiger partial charge is 0.310 e. The maximum atomic E-state index is 11.1. The van der Waals surface area contributed by atoms with Crippen LogP contribution in [0.2, 0.25) is 0 Å². The molecule has 15 heavy (non-hydrogen) atoms. The van der Waals surface area contributed by atoms with Crippen LogP contribution in [-0.2, 0) is 21.1 Å². The molecule has 0 fully saturated rings. The predicted molar refractivity (Wildman–Crippen MR) is 62.7 cm³/mol. The van der Waals surface area contributed by atoms with Gasteiger partial charge in [-0.1, -0.05) is 0 Å². The van der Waals surface area contributed by atoms with Crippen LogP contribution in [0.15, 0.2) is 5.38 Å². The summed E-state index contributed by atoms with van der Waals surface area (Å²) < 4.78 is 22.2. The average molecular weight is 248 g/mol. The fourth-order valence-corrected chi connectivity index (χ4v) is 3.19. The lowest BCUT2D eigenvalue weighted by Crippen LogP contribution is -2.33. The second-order valence-electron chi connectivity index (χ2n) is 4.07. The normalized spacial score (nSPS) is 13.1. The van der Waals surface area contributed by atoms with Gasteiger partial charge < -0.3 is 5.32 Å². The van der Waals surface area contributed by atoms with Crippen molar-refractivity contribution in [3.63, 3.8) is 0 Å². The van der Waals surface area contributed by atoms with E-state index >= 15 is 0 Å². The standard InChI is InChI=1S/C9H16N2O2S2/c1-9(2,10-3)7-5-14-8(11-7)6-15(4,12)13/h5,10H,6H2,1-4H3. The molecule has 0 aliphatic heterocycles. The van der Waals surface area contributed by atoms with Crippen molar-refractivity contribution in [3.8, 4) is 0 Å². The molecule has 4 nitrogen and oxygen atoms in total. The molecule has 0 atom stereocenters. The molecule has 1 N–H and O–H groups in total. The van der Waals surface area contributed by atoms with Crippen molar-refractivity contribution in [2.45, 2.75) is 25.1 Å². The number of aromatic nitrogens is 1. The smallest absolute Gasteiger partial charge is 0.153 e. The van der Waals surface area contributed by atoms with E-state index in [-0.39, 0.29) is 11.3 Å². The molecule has 0 radical (unpaired) electrons. The summed E-state index contributed by atoms with van der Waals surface area (Å²) in [7, 11) is -1.13. The molecule has 1 aromatic rings. The lowest BCUT2D eigenvalue weighted by molar-refractivity contribution is 0.433. The van der Waals surface area contributed by atoms with E-state index in [1.165, 1.54) is 17.6 Å². The predicted octanol–water partition coefficient (Wildman–Crippen LogP) is 1.14. The number of nitrogens with one attached hydrogen (secondary N) is 1. The van der Waals surface area contributed by atoms with Gasteiger partial charge in [0.05, 0.1) is 11.2 Å². The van der Waals surface area contributed by atoms with E-state index < -0.39 is 9.84 Å². The molecule has 0 spiro atoms. The maximum Gasteiger partial charge on any atom is 0.153 e. The number of hydrogen-bond donors (Lipinski definition) is 1. The summed E-state index contributed by atoms with van der Waals surface area (Å²) in [5, 5.41) is 5.68. The first kappa shape index (κ1) is 12.6. The SMILES string of the molecule is CNC(C)(C)c1csc(CS(C)(=O)=O)n1. The maximum absolute atomic E-state index is 11.1. The van der Waals surface area contributed by atoms with Crippen molar-refractivity contribution in [1.29, 1.82) is 0 Å².